The van der Waals surface area contributed by atoms with Gasteiger partial charge in [-0.2, -0.15) is 0 Å². The summed E-state index contributed by atoms with van der Waals surface area (Å²) in [5.41, 5.74) is 0. The molecular formula is C15H14ClN3OS3. The summed E-state index contributed by atoms with van der Waals surface area (Å²) >= 11 is 10.5. The minimum absolute atomic E-state index is 0.101. The topological polar surface area (TPSA) is 46.1 Å². The molecule has 120 valence electrons. The summed E-state index contributed by atoms with van der Waals surface area (Å²) < 4.78 is 0.749. The molecule has 8 heteroatoms. The summed E-state index contributed by atoms with van der Waals surface area (Å²) in [6.45, 7) is 3.26. The number of hydrogen-bond donors (Lipinski definition) is 0. The Kier molecular flexibility index (Phi) is 5.53. The van der Waals surface area contributed by atoms with E-state index in [-0.39, 0.29) is 5.91 Å². The van der Waals surface area contributed by atoms with Crippen molar-refractivity contribution in [3.8, 4) is 0 Å². The SMILES string of the molecule is CCN(Cc1ccc(Cl)s1)C(=O)CSc1ncnc2sccc12. The molecule has 0 saturated carbocycles. The van der Waals surface area contributed by atoms with Crippen molar-refractivity contribution >= 4 is 62.2 Å². The highest BCUT2D eigenvalue weighted by molar-refractivity contribution is 8.00. The number of carbonyl (C=O) groups is 1. The summed E-state index contributed by atoms with van der Waals surface area (Å²) in [5, 5.41) is 3.87. The van der Waals surface area contributed by atoms with E-state index in [0.29, 0.717) is 18.8 Å². The molecule has 0 spiro atoms. The van der Waals surface area contributed by atoms with Crippen LogP contribution in [0.4, 0.5) is 0 Å². The number of halogens is 1. The molecule has 0 atom stereocenters. The van der Waals surface area contributed by atoms with Crippen LogP contribution in [0.2, 0.25) is 4.34 Å². The lowest BCUT2D eigenvalue weighted by molar-refractivity contribution is -0.128. The molecule has 0 saturated heterocycles. The van der Waals surface area contributed by atoms with E-state index < -0.39 is 0 Å². The minimum atomic E-state index is 0.101. The maximum atomic E-state index is 12.5. The van der Waals surface area contributed by atoms with Gasteiger partial charge in [-0.1, -0.05) is 23.4 Å². The van der Waals surface area contributed by atoms with E-state index in [0.717, 1.165) is 24.5 Å². The lowest BCUT2D eigenvalue weighted by atomic mass is 10.4. The second-order valence-corrected chi connectivity index (χ2v) is 8.38. The zero-order chi connectivity index (χ0) is 16.2. The normalized spacial score (nSPS) is 11.0. The van der Waals surface area contributed by atoms with Crippen molar-refractivity contribution in [1.82, 2.24) is 14.9 Å². The molecule has 3 aromatic heterocycles. The Morgan fingerprint density at radius 3 is 2.96 bits per heavy atom. The van der Waals surface area contributed by atoms with Crippen LogP contribution in [0.15, 0.2) is 34.9 Å². The van der Waals surface area contributed by atoms with Gasteiger partial charge in [0.2, 0.25) is 5.91 Å². The average Bonchev–Trinajstić information content (AvgIpc) is 3.19. The summed E-state index contributed by atoms with van der Waals surface area (Å²) in [4.78, 5) is 24.9. The van der Waals surface area contributed by atoms with Crippen molar-refractivity contribution in [2.45, 2.75) is 18.5 Å². The van der Waals surface area contributed by atoms with E-state index in [1.165, 1.54) is 23.1 Å². The zero-order valence-corrected chi connectivity index (χ0v) is 15.6. The predicted molar refractivity (Wildman–Crippen MR) is 98.6 cm³/mol. The lowest BCUT2D eigenvalue weighted by Gasteiger charge is -2.19. The van der Waals surface area contributed by atoms with Crippen molar-refractivity contribution in [1.29, 1.82) is 0 Å². The zero-order valence-electron chi connectivity index (χ0n) is 12.4. The van der Waals surface area contributed by atoms with Crippen molar-refractivity contribution in [2.24, 2.45) is 0 Å². The fourth-order valence-corrected chi connectivity index (χ4v) is 4.89. The first-order valence-electron chi connectivity index (χ1n) is 7.00. The van der Waals surface area contributed by atoms with Crippen LogP contribution in [0.25, 0.3) is 10.2 Å². The average molecular weight is 384 g/mol. The van der Waals surface area contributed by atoms with E-state index in [9.17, 15) is 4.79 Å². The van der Waals surface area contributed by atoms with Crippen LogP contribution in [-0.4, -0.2) is 33.1 Å². The maximum absolute atomic E-state index is 12.5. The molecule has 0 aromatic carbocycles. The van der Waals surface area contributed by atoms with Crippen molar-refractivity contribution < 1.29 is 4.79 Å². The van der Waals surface area contributed by atoms with Crippen LogP contribution in [0.3, 0.4) is 0 Å². The summed E-state index contributed by atoms with van der Waals surface area (Å²) in [6.07, 6.45) is 1.55. The molecule has 1 amide bonds. The number of amides is 1. The van der Waals surface area contributed by atoms with Crippen molar-refractivity contribution in [2.75, 3.05) is 12.3 Å². The van der Waals surface area contributed by atoms with Crippen molar-refractivity contribution in [3.63, 3.8) is 0 Å². The van der Waals surface area contributed by atoms with Gasteiger partial charge in [0.25, 0.3) is 0 Å². The number of nitrogens with zero attached hydrogens (tertiary/aromatic N) is 3. The second kappa shape index (κ2) is 7.61. The fraction of sp³-hybridized carbons (Fsp3) is 0.267. The Hall–Kier alpha value is -1.15. The van der Waals surface area contributed by atoms with Gasteiger partial charge >= 0.3 is 0 Å². The van der Waals surface area contributed by atoms with E-state index in [4.69, 9.17) is 11.6 Å². The molecule has 0 fully saturated rings. The standard InChI is InChI=1S/C15H14ClN3OS3/c1-2-19(7-10-3-4-12(16)23-10)13(20)8-22-15-11-5-6-21-14(11)17-9-18-15/h3-6,9H,2,7-8H2,1H3. The molecule has 0 unspecified atom stereocenters. The van der Waals surface area contributed by atoms with Gasteiger partial charge in [-0.3, -0.25) is 4.79 Å². The third kappa shape index (κ3) is 4.03. The molecule has 0 aliphatic rings. The molecule has 4 nitrogen and oxygen atoms in total. The van der Waals surface area contributed by atoms with Crippen LogP contribution in [0.5, 0.6) is 0 Å². The number of thiophene rings is 2. The Bertz CT molecular complexity index is 817. The van der Waals surface area contributed by atoms with E-state index in [1.54, 1.807) is 17.7 Å². The largest absolute Gasteiger partial charge is 0.337 e. The molecule has 23 heavy (non-hydrogen) atoms. The Morgan fingerprint density at radius 1 is 1.35 bits per heavy atom. The van der Waals surface area contributed by atoms with Crippen LogP contribution >= 0.6 is 46.0 Å². The van der Waals surface area contributed by atoms with Crippen LogP contribution < -0.4 is 0 Å². The van der Waals surface area contributed by atoms with E-state index >= 15 is 0 Å². The summed E-state index contributed by atoms with van der Waals surface area (Å²) in [7, 11) is 0. The highest BCUT2D eigenvalue weighted by atomic mass is 35.5. The van der Waals surface area contributed by atoms with Gasteiger partial charge in [0.05, 0.1) is 16.6 Å². The number of aromatic nitrogens is 2. The van der Waals surface area contributed by atoms with Gasteiger partial charge in [0.1, 0.15) is 16.2 Å². The minimum Gasteiger partial charge on any atom is -0.337 e. The van der Waals surface area contributed by atoms with E-state index in [1.807, 2.05) is 35.4 Å². The summed E-state index contributed by atoms with van der Waals surface area (Å²) in [5.74, 6) is 0.471. The van der Waals surface area contributed by atoms with E-state index in [2.05, 4.69) is 9.97 Å². The number of rotatable bonds is 6. The predicted octanol–water partition coefficient (Wildman–Crippen LogP) is 4.55. The molecule has 0 aliphatic heterocycles. The van der Waals surface area contributed by atoms with Gasteiger partial charge in [-0.05, 0) is 30.5 Å². The Morgan fingerprint density at radius 2 is 2.22 bits per heavy atom. The molecule has 3 rings (SSSR count). The first-order valence-corrected chi connectivity index (χ1v) is 10.1. The first kappa shape index (κ1) is 16.7. The second-order valence-electron chi connectivity index (χ2n) is 4.72. The molecular weight excluding hydrogens is 370 g/mol. The van der Waals surface area contributed by atoms with Crippen LogP contribution in [0.1, 0.15) is 11.8 Å². The van der Waals surface area contributed by atoms with Gasteiger partial charge in [0, 0.05) is 16.8 Å². The molecule has 0 bridgehead atoms. The number of thioether (sulfide) groups is 1. The highest BCUT2D eigenvalue weighted by Crippen LogP contribution is 2.28. The fourth-order valence-electron chi connectivity index (χ4n) is 2.10. The number of carbonyl (C=O) groups excluding carboxylic acids is 1. The quantitative estimate of drug-likeness (QED) is 0.463. The number of hydrogen-bond acceptors (Lipinski definition) is 6. The van der Waals surface area contributed by atoms with Gasteiger partial charge in [-0.15, -0.1) is 22.7 Å². The Labute approximate surface area is 151 Å². The molecule has 3 aromatic rings. The monoisotopic (exact) mass is 383 g/mol. The van der Waals surface area contributed by atoms with Crippen molar-refractivity contribution in [3.05, 3.63) is 39.1 Å². The maximum Gasteiger partial charge on any atom is 0.233 e. The van der Waals surface area contributed by atoms with Crippen LogP contribution in [-0.2, 0) is 11.3 Å². The molecule has 0 radical (unpaired) electrons. The van der Waals surface area contributed by atoms with Gasteiger partial charge < -0.3 is 4.90 Å². The smallest absolute Gasteiger partial charge is 0.233 e. The number of fused-ring (bicyclic) bond motifs is 1. The highest BCUT2D eigenvalue weighted by Gasteiger charge is 2.15. The lowest BCUT2D eigenvalue weighted by Crippen LogP contribution is -2.31. The van der Waals surface area contributed by atoms with Gasteiger partial charge in [0.15, 0.2) is 0 Å². The molecule has 0 N–H and O–H groups in total. The van der Waals surface area contributed by atoms with Gasteiger partial charge in [-0.25, -0.2) is 9.97 Å². The molecule has 0 aliphatic carbocycles. The summed E-state index contributed by atoms with van der Waals surface area (Å²) in [6, 6.07) is 5.83. The Balaban J connectivity index is 1.64. The third-order valence-corrected chi connectivity index (χ3v) is 6.29. The van der Waals surface area contributed by atoms with Crippen LogP contribution in [0, 0.1) is 0 Å². The first-order chi connectivity index (χ1) is 11.2. The molecule has 3 heterocycles. The third-order valence-electron chi connectivity index (χ3n) is 3.27.